The zero-order valence-corrected chi connectivity index (χ0v) is 13.2. The molecule has 0 saturated heterocycles. The lowest BCUT2D eigenvalue weighted by Gasteiger charge is -2.07. The average Bonchev–Trinajstić information content (AvgIpc) is 2.68. The maximum Gasteiger partial charge on any atom is 0.290 e. The molecule has 0 saturated carbocycles. The van der Waals surface area contributed by atoms with Crippen molar-refractivity contribution < 1.29 is 13.3 Å². The molecular weight excluding hydrogens is 314 g/mol. The number of rotatable bonds is 4. The van der Waals surface area contributed by atoms with Crippen molar-refractivity contribution in [2.45, 2.75) is 25.7 Å². The number of nitrogens with zero attached hydrogens (tertiary/aromatic N) is 2. The highest BCUT2D eigenvalue weighted by molar-refractivity contribution is 7.93. The number of pyridine rings is 1. The van der Waals surface area contributed by atoms with Gasteiger partial charge in [-0.3, -0.25) is 14.8 Å². The van der Waals surface area contributed by atoms with Gasteiger partial charge >= 0.3 is 0 Å². The molecule has 0 aliphatic rings. The van der Waals surface area contributed by atoms with Crippen molar-refractivity contribution in [3.63, 3.8) is 0 Å². The predicted octanol–water partition coefficient (Wildman–Crippen LogP) is 2.78. The van der Waals surface area contributed by atoms with Gasteiger partial charge in [0.05, 0.1) is 4.92 Å². The second-order valence-corrected chi connectivity index (χ2v) is 7.55. The lowest BCUT2D eigenvalue weighted by atomic mass is 10.3. The first kappa shape index (κ1) is 15.4. The molecule has 0 atom stereocenters. The number of nitro groups is 1. The van der Waals surface area contributed by atoms with Crippen LogP contribution in [0.4, 0.5) is 11.5 Å². The fraction of sp³-hybridized carbons (Fsp3) is 0.250. The molecule has 112 valence electrons. The van der Waals surface area contributed by atoms with E-state index in [1.807, 2.05) is 6.92 Å². The van der Waals surface area contributed by atoms with Gasteiger partial charge in [-0.15, -0.1) is 11.3 Å². The smallest absolute Gasteiger partial charge is 0.263 e. The van der Waals surface area contributed by atoms with Gasteiger partial charge in [-0.05, 0) is 32.9 Å². The van der Waals surface area contributed by atoms with Crippen LogP contribution in [0.25, 0.3) is 0 Å². The number of hydrogen-bond acceptors (Lipinski definition) is 6. The van der Waals surface area contributed by atoms with E-state index < -0.39 is 14.9 Å². The minimum Gasteiger partial charge on any atom is -0.263 e. The Morgan fingerprint density at radius 3 is 2.43 bits per heavy atom. The minimum absolute atomic E-state index is 0.0568. The van der Waals surface area contributed by atoms with Crippen LogP contribution in [0, 0.1) is 30.9 Å². The second kappa shape index (κ2) is 5.41. The summed E-state index contributed by atoms with van der Waals surface area (Å²) < 4.78 is 26.9. The number of nitrogens with one attached hydrogen (secondary N) is 1. The molecule has 21 heavy (non-hydrogen) atoms. The Kier molecular flexibility index (Phi) is 3.97. The monoisotopic (exact) mass is 327 g/mol. The van der Waals surface area contributed by atoms with Crippen LogP contribution >= 0.6 is 11.3 Å². The van der Waals surface area contributed by atoms with E-state index in [2.05, 4.69) is 9.71 Å². The zero-order chi connectivity index (χ0) is 15.8. The van der Waals surface area contributed by atoms with Crippen LogP contribution in [0.3, 0.4) is 0 Å². The van der Waals surface area contributed by atoms with Gasteiger partial charge in [0.25, 0.3) is 15.7 Å². The van der Waals surface area contributed by atoms with Crippen molar-refractivity contribution in [1.29, 1.82) is 0 Å². The van der Waals surface area contributed by atoms with Crippen LogP contribution < -0.4 is 4.72 Å². The van der Waals surface area contributed by atoms with E-state index in [1.165, 1.54) is 30.4 Å². The van der Waals surface area contributed by atoms with Crippen LogP contribution in [0.15, 0.2) is 23.1 Å². The van der Waals surface area contributed by atoms with Gasteiger partial charge in [-0.1, -0.05) is 0 Å². The van der Waals surface area contributed by atoms with Gasteiger partial charge in [0, 0.05) is 15.8 Å². The summed E-state index contributed by atoms with van der Waals surface area (Å²) in [6.07, 6.45) is 0. The Balaban J connectivity index is 2.35. The third-order valence-electron chi connectivity index (χ3n) is 2.78. The normalized spacial score (nSPS) is 11.4. The summed E-state index contributed by atoms with van der Waals surface area (Å²) in [7, 11) is -3.74. The summed E-state index contributed by atoms with van der Waals surface area (Å²) >= 11 is 1.39. The van der Waals surface area contributed by atoms with Gasteiger partial charge in [-0.25, -0.2) is 13.4 Å². The maximum atomic E-state index is 12.3. The molecule has 2 rings (SSSR count). The van der Waals surface area contributed by atoms with Gasteiger partial charge in [0.15, 0.2) is 0 Å². The summed E-state index contributed by atoms with van der Waals surface area (Å²) in [5.41, 5.74) is -0.000993. The van der Waals surface area contributed by atoms with E-state index in [4.69, 9.17) is 0 Å². The van der Waals surface area contributed by atoms with Crippen molar-refractivity contribution in [3.05, 3.63) is 43.8 Å². The highest BCUT2D eigenvalue weighted by Crippen LogP contribution is 2.27. The first-order valence-corrected chi connectivity index (χ1v) is 8.22. The quantitative estimate of drug-likeness (QED) is 0.687. The predicted molar refractivity (Wildman–Crippen MR) is 80.2 cm³/mol. The second-order valence-electron chi connectivity index (χ2n) is 4.44. The third kappa shape index (κ3) is 3.19. The summed E-state index contributed by atoms with van der Waals surface area (Å²) in [5.74, 6) is 0.0568. The van der Waals surface area contributed by atoms with Crippen molar-refractivity contribution in [2.75, 3.05) is 4.72 Å². The molecule has 9 heteroatoms. The van der Waals surface area contributed by atoms with Crippen LogP contribution in [0.5, 0.6) is 0 Å². The molecule has 0 bridgehead atoms. The largest absolute Gasteiger partial charge is 0.290 e. The molecule has 0 aliphatic heterocycles. The molecule has 0 radical (unpaired) electrons. The number of thiophene rings is 1. The van der Waals surface area contributed by atoms with Crippen LogP contribution in [-0.2, 0) is 10.0 Å². The summed E-state index contributed by atoms with van der Waals surface area (Å²) in [6.45, 7) is 5.00. The highest BCUT2D eigenvalue weighted by atomic mass is 32.2. The SMILES string of the molecule is Cc1cc(S(=O)(=O)Nc2ccc([N+](=O)[O-])c(C)n2)c(C)s1. The van der Waals surface area contributed by atoms with E-state index >= 15 is 0 Å². The Hall–Kier alpha value is -2.00. The van der Waals surface area contributed by atoms with Crippen LogP contribution in [0.1, 0.15) is 15.4 Å². The number of sulfonamides is 1. The Labute approximate surface area is 125 Å². The fourth-order valence-electron chi connectivity index (χ4n) is 1.87. The van der Waals surface area contributed by atoms with Crippen LogP contribution in [-0.4, -0.2) is 18.3 Å². The number of aromatic nitrogens is 1. The fourth-order valence-corrected chi connectivity index (χ4v) is 4.43. The summed E-state index contributed by atoms with van der Waals surface area (Å²) in [5, 5.41) is 10.7. The lowest BCUT2D eigenvalue weighted by molar-refractivity contribution is -0.385. The minimum atomic E-state index is -3.74. The molecule has 2 aromatic heterocycles. The third-order valence-corrected chi connectivity index (χ3v) is 5.35. The molecule has 0 spiro atoms. The molecule has 0 aliphatic carbocycles. The molecule has 0 aromatic carbocycles. The average molecular weight is 327 g/mol. The summed E-state index contributed by atoms with van der Waals surface area (Å²) in [6, 6.07) is 4.09. The zero-order valence-electron chi connectivity index (χ0n) is 11.6. The van der Waals surface area contributed by atoms with E-state index in [9.17, 15) is 18.5 Å². The molecular formula is C12H13N3O4S2. The molecule has 0 fully saturated rings. The van der Waals surface area contributed by atoms with Gasteiger partial charge in [0.2, 0.25) is 0 Å². The molecule has 2 aromatic rings. The number of anilines is 1. The Morgan fingerprint density at radius 2 is 1.95 bits per heavy atom. The van der Waals surface area contributed by atoms with Crippen molar-refractivity contribution in [2.24, 2.45) is 0 Å². The van der Waals surface area contributed by atoms with Gasteiger partial charge in [0.1, 0.15) is 16.4 Å². The molecule has 0 amide bonds. The Bertz CT molecular complexity index is 812. The molecule has 0 unspecified atom stereocenters. The van der Waals surface area contributed by atoms with E-state index in [1.54, 1.807) is 13.0 Å². The number of aryl methyl sites for hydroxylation is 3. The van der Waals surface area contributed by atoms with Crippen molar-refractivity contribution in [1.82, 2.24) is 4.98 Å². The summed E-state index contributed by atoms with van der Waals surface area (Å²) in [4.78, 5) is 15.8. The Morgan fingerprint density at radius 1 is 1.29 bits per heavy atom. The van der Waals surface area contributed by atoms with Gasteiger partial charge in [-0.2, -0.15) is 0 Å². The maximum absolute atomic E-state index is 12.3. The van der Waals surface area contributed by atoms with E-state index in [0.717, 1.165) is 4.88 Å². The first-order valence-electron chi connectivity index (χ1n) is 5.92. The topological polar surface area (TPSA) is 102 Å². The van der Waals surface area contributed by atoms with Crippen LogP contribution in [0.2, 0.25) is 0 Å². The van der Waals surface area contributed by atoms with E-state index in [0.29, 0.717) is 4.88 Å². The van der Waals surface area contributed by atoms with E-state index in [-0.39, 0.29) is 22.1 Å². The number of hydrogen-bond donors (Lipinski definition) is 1. The van der Waals surface area contributed by atoms with Gasteiger partial charge < -0.3 is 0 Å². The molecule has 2 heterocycles. The highest BCUT2D eigenvalue weighted by Gasteiger charge is 2.21. The first-order chi connectivity index (χ1) is 9.70. The molecule has 7 nitrogen and oxygen atoms in total. The standard InChI is InChI=1S/C12H13N3O4S2/c1-7-6-11(9(3)20-7)21(18,19)14-12-5-4-10(15(16)17)8(2)13-12/h4-6H,1-3H3,(H,13,14). The molecule has 1 N–H and O–H groups in total. The lowest BCUT2D eigenvalue weighted by Crippen LogP contribution is -2.14. The van der Waals surface area contributed by atoms with Crippen molar-refractivity contribution in [3.8, 4) is 0 Å². The van der Waals surface area contributed by atoms with Crippen molar-refractivity contribution >= 4 is 32.9 Å².